The molecule has 0 N–H and O–H groups in total. The predicted octanol–water partition coefficient (Wildman–Crippen LogP) is 2.35. The van der Waals surface area contributed by atoms with Crippen LogP contribution >= 0.6 is 0 Å². The number of hydrogen-bond acceptors (Lipinski definition) is 2. The van der Waals surface area contributed by atoms with E-state index in [1.54, 1.807) is 0 Å². The Kier molecular flexibility index (Phi) is 7.07. The van der Waals surface area contributed by atoms with Crippen LogP contribution in [0.2, 0.25) is 0 Å². The average Bonchev–Trinajstić information content (AvgIpc) is 2.14. The SMILES string of the molecule is CCCC(=O)N(CCC)C(=O)CCC. The molecule has 0 aliphatic rings. The molecular formula is C11H21NO2. The van der Waals surface area contributed by atoms with Crippen molar-refractivity contribution in [1.29, 1.82) is 0 Å². The van der Waals surface area contributed by atoms with E-state index in [2.05, 4.69) is 0 Å². The van der Waals surface area contributed by atoms with Crippen molar-refractivity contribution in [3.8, 4) is 0 Å². The second kappa shape index (κ2) is 7.54. The molecule has 0 radical (unpaired) electrons. The summed E-state index contributed by atoms with van der Waals surface area (Å²) < 4.78 is 0. The molecular weight excluding hydrogens is 178 g/mol. The minimum Gasteiger partial charge on any atom is -0.283 e. The highest BCUT2D eigenvalue weighted by Gasteiger charge is 2.18. The van der Waals surface area contributed by atoms with Crippen LogP contribution in [0.25, 0.3) is 0 Å². The maximum absolute atomic E-state index is 11.6. The number of carbonyl (C=O) groups is 2. The van der Waals surface area contributed by atoms with Crippen LogP contribution in [0.3, 0.4) is 0 Å². The smallest absolute Gasteiger partial charge is 0.229 e. The summed E-state index contributed by atoms with van der Waals surface area (Å²) >= 11 is 0. The fourth-order valence-electron chi connectivity index (χ4n) is 1.31. The van der Waals surface area contributed by atoms with Gasteiger partial charge in [0.2, 0.25) is 11.8 Å². The van der Waals surface area contributed by atoms with E-state index in [0.717, 1.165) is 19.3 Å². The van der Waals surface area contributed by atoms with Crippen molar-refractivity contribution < 1.29 is 9.59 Å². The lowest BCUT2D eigenvalue weighted by Crippen LogP contribution is -2.37. The molecule has 0 aromatic rings. The molecule has 82 valence electrons. The van der Waals surface area contributed by atoms with Gasteiger partial charge in [0.1, 0.15) is 0 Å². The molecule has 3 heteroatoms. The molecule has 0 bridgehead atoms. The van der Waals surface area contributed by atoms with E-state index < -0.39 is 0 Å². The third-order valence-electron chi connectivity index (χ3n) is 1.98. The van der Waals surface area contributed by atoms with Crippen LogP contribution in [0.4, 0.5) is 0 Å². The van der Waals surface area contributed by atoms with Gasteiger partial charge in [0.25, 0.3) is 0 Å². The van der Waals surface area contributed by atoms with Crippen LogP contribution in [0, 0.1) is 0 Å². The quantitative estimate of drug-likeness (QED) is 0.658. The molecule has 0 aromatic heterocycles. The summed E-state index contributed by atoms with van der Waals surface area (Å²) in [5, 5.41) is 0. The van der Waals surface area contributed by atoms with Crippen molar-refractivity contribution in [2.24, 2.45) is 0 Å². The van der Waals surface area contributed by atoms with Crippen LogP contribution in [0.15, 0.2) is 0 Å². The third kappa shape index (κ3) is 4.40. The Hall–Kier alpha value is -0.860. The van der Waals surface area contributed by atoms with Gasteiger partial charge in [-0.2, -0.15) is 0 Å². The van der Waals surface area contributed by atoms with Gasteiger partial charge in [-0.1, -0.05) is 20.8 Å². The fraction of sp³-hybridized carbons (Fsp3) is 0.818. The zero-order valence-electron chi connectivity index (χ0n) is 9.51. The Morgan fingerprint density at radius 1 is 0.857 bits per heavy atom. The van der Waals surface area contributed by atoms with E-state index in [1.165, 1.54) is 4.90 Å². The van der Waals surface area contributed by atoms with Crippen LogP contribution < -0.4 is 0 Å². The van der Waals surface area contributed by atoms with Gasteiger partial charge in [0, 0.05) is 19.4 Å². The third-order valence-corrected chi connectivity index (χ3v) is 1.98. The largest absolute Gasteiger partial charge is 0.283 e. The first kappa shape index (κ1) is 13.1. The van der Waals surface area contributed by atoms with Crippen LogP contribution in [0.5, 0.6) is 0 Å². The van der Waals surface area contributed by atoms with Gasteiger partial charge < -0.3 is 0 Å². The van der Waals surface area contributed by atoms with Crippen molar-refractivity contribution in [2.45, 2.75) is 52.9 Å². The van der Waals surface area contributed by atoms with E-state index in [0.29, 0.717) is 19.4 Å². The zero-order chi connectivity index (χ0) is 11.0. The van der Waals surface area contributed by atoms with E-state index in [-0.39, 0.29) is 11.8 Å². The Balaban J connectivity index is 4.25. The lowest BCUT2D eigenvalue weighted by Gasteiger charge is -2.19. The normalized spacial score (nSPS) is 9.93. The number of rotatable bonds is 6. The van der Waals surface area contributed by atoms with Crippen molar-refractivity contribution in [3.63, 3.8) is 0 Å². The maximum atomic E-state index is 11.6. The molecule has 0 spiro atoms. The number of nitrogens with zero attached hydrogens (tertiary/aromatic N) is 1. The summed E-state index contributed by atoms with van der Waals surface area (Å²) in [5.74, 6) is -0.0411. The lowest BCUT2D eigenvalue weighted by molar-refractivity contribution is -0.144. The summed E-state index contributed by atoms with van der Waals surface area (Å²) in [4.78, 5) is 24.5. The van der Waals surface area contributed by atoms with Gasteiger partial charge in [-0.05, 0) is 19.3 Å². The molecule has 0 aromatic carbocycles. The summed E-state index contributed by atoms with van der Waals surface area (Å²) in [7, 11) is 0. The molecule has 0 aliphatic heterocycles. The summed E-state index contributed by atoms with van der Waals surface area (Å²) in [6.07, 6.45) is 3.41. The van der Waals surface area contributed by atoms with Gasteiger partial charge in [0.15, 0.2) is 0 Å². The van der Waals surface area contributed by atoms with Crippen molar-refractivity contribution in [3.05, 3.63) is 0 Å². The second-order valence-corrected chi connectivity index (χ2v) is 3.44. The Bertz CT molecular complexity index is 172. The van der Waals surface area contributed by atoms with Gasteiger partial charge in [-0.15, -0.1) is 0 Å². The monoisotopic (exact) mass is 199 g/mol. The van der Waals surface area contributed by atoms with E-state index in [9.17, 15) is 9.59 Å². The Morgan fingerprint density at radius 2 is 1.29 bits per heavy atom. The van der Waals surface area contributed by atoms with Gasteiger partial charge in [-0.25, -0.2) is 0 Å². The van der Waals surface area contributed by atoms with Crippen LogP contribution in [0.1, 0.15) is 52.9 Å². The van der Waals surface area contributed by atoms with Gasteiger partial charge >= 0.3 is 0 Å². The van der Waals surface area contributed by atoms with Crippen LogP contribution in [-0.2, 0) is 9.59 Å². The van der Waals surface area contributed by atoms with Crippen LogP contribution in [-0.4, -0.2) is 23.3 Å². The Morgan fingerprint density at radius 3 is 1.57 bits per heavy atom. The van der Waals surface area contributed by atoms with E-state index in [4.69, 9.17) is 0 Å². The summed E-state index contributed by atoms with van der Waals surface area (Å²) in [6.45, 7) is 6.45. The lowest BCUT2D eigenvalue weighted by atomic mass is 10.2. The first-order valence-electron chi connectivity index (χ1n) is 5.50. The average molecular weight is 199 g/mol. The first-order chi connectivity index (χ1) is 6.67. The van der Waals surface area contributed by atoms with Crippen molar-refractivity contribution in [2.75, 3.05) is 6.54 Å². The molecule has 2 amide bonds. The molecule has 0 saturated heterocycles. The molecule has 0 fully saturated rings. The number of carbonyl (C=O) groups excluding carboxylic acids is 2. The van der Waals surface area contributed by atoms with E-state index >= 15 is 0 Å². The minimum absolute atomic E-state index is 0.0206. The maximum Gasteiger partial charge on any atom is 0.229 e. The minimum atomic E-state index is -0.0206. The number of imide groups is 1. The topological polar surface area (TPSA) is 37.4 Å². The van der Waals surface area contributed by atoms with Crippen molar-refractivity contribution >= 4 is 11.8 Å². The van der Waals surface area contributed by atoms with E-state index in [1.807, 2.05) is 20.8 Å². The number of amides is 2. The predicted molar refractivity (Wildman–Crippen MR) is 56.8 cm³/mol. The highest BCUT2D eigenvalue weighted by molar-refractivity contribution is 5.95. The number of hydrogen-bond donors (Lipinski definition) is 0. The highest BCUT2D eigenvalue weighted by atomic mass is 16.2. The summed E-state index contributed by atoms with van der Waals surface area (Å²) in [6, 6.07) is 0. The molecule has 3 nitrogen and oxygen atoms in total. The fourth-order valence-corrected chi connectivity index (χ4v) is 1.31. The zero-order valence-corrected chi connectivity index (χ0v) is 9.51. The Labute approximate surface area is 86.5 Å². The van der Waals surface area contributed by atoms with Crippen molar-refractivity contribution in [1.82, 2.24) is 4.90 Å². The molecule has 0 unspecified atom stereocenters. The standard InChI is InChI=1S/C11H21NO2/c1-4-7-10(13)12(9-6-3)11(14)8-5-2/h4-9H2,1-3H3. The molecule has 14 heavy (non-hydrogen) atoms. The highest BCUT2D eigenvalue weighted by Crippen LogP contribution is 2.03. The second-order valence-electron chi connectivity index (χ2n) is 3.44. The molecule has 0 saturated carbocycles. The first-order valence-corrected chi connectivity index (χ1v) is 5.50. The molecule has 0 heterocycles. The summed E-state index contributed by atoms with van der Waals surface area (Å²) in [5.41, 5.74) is 0. The van der Waals surface area contributed by atoms with Gasteiger partial charge in [0.05, 0.1) is 0 Å². The molecule has 0 rings (SSSR count). The van der Waals surface area contributed by atoms with Gasteiger partial charge in [-0.3, -0.25) is 14.5 Å². The molecule has 0 aliphatic carbocycles. The molecule has 0 atom stereocenters.